The molecule has 22 heavy (non-hydrogen) atoms. The minimum absolute atomic E-state index is 0. The zero-order valence-electron chi connectivity index (χ0n) is 14.0. The van der Waals surface area contributed by atoms with Gasteiger partial charge in [0.2, 0.25) is 5.91 Å². The van der Waals surface area contributed by atoms with Crippen molar-refractivity contribution in [3.63, 3.8) is 0 Å². The Morgan fingerprint density at radius 2 is 1.95 bits per heavy atom. The Morgan fingerprint density at radius 3 is 2.59 bits per heavy atom. The molecule has 0 saturated carbocycles. The molecule has 0 radical (unpaired) electrons. The van der Waals surface area contributed by atoms with E-state index in [1.165, 1.54) is 0 Å². The molecule has 3 N–H and O–H groups in total. The molecule has 0 aromatic rings. The van der Waals surface area contributed by atoms with Crippen LogP contribution in [0.4, 0.5) is 4.79 Å². The maximum atomic E-state index is 12.1. The second-order valence-corrected chi connectivity index (χ2v) is 6.19. The fraction of sp³-hybridized carbons (Fsp3) is 0.867. The third kappa shape index (κ3) is 8.44. The summed E-state index contributed by atoms with van der Waals surface area (Å²) in [6.07, 6.45) is 2.51. The molecule has 3 amide bonds. The smallest absolute Gasteiger partial charge is 0.317 e. The number of nitrogens with zero attached hydrogens (tertiary/aromatic N) is 1. The average molecular weight is 335 g/mol. The summed E-state index contributed by atoms with van der Waals surface area (Å²) in [4.78, 5) is 25.7. The van der Waals surface area contributed by atoms with E-state index in [9.17, 15) is 9.59 Å². The first kappa shape index (κ1) is 21.0. The number of urea groups is 1. The lowest BCUT2D eigenvalue weighted by Gasteiger charge is -2.32. The summed E-state index contributed by atoms with van der Waals surface area (Å²) in [7, 11) is 1.86. The summed E-state index contributed by atoms with van der Waals surface area (Å²) in [6, 6.07) is 0.00370. The Morgan fingerprint density at radius 1 is 1.23 bits per heavy atom. The molecular formula is C15H31ClN4O2. The normalized spacial score (nSPS) is 17.8. The van der Waals surface area contributed by atoms with Crippen LogP contribution in [0.15, 0.2) is 0 Å². The molecule has 1 heterocycles. The quantitative estimate of drug-likeness (QED) is 0.613. The number of carbonyl (C=O) groups excluding carboxylic acids is 2. The fourth-order valence-electron chi connectivity index (χ4n) is 2.48. The van der Waals surface area contributed by atoms with Crippen molar-refractivity contribution in [1.82, 2.24) is 20.9 Å². The highest BCUT2D eigenvalue weighted by Gasteiger charge is 2.25. The van der Waals surface area contributed by atoms with E-state index in [1.807, 2.05) is 11.9 Å². The molecular weight excluding hydrogens is 304 g/mol. The van der Waals surface area contributed by atoms with E-state index < -0.39 is 0 Å². The highest BCUT2D eigenvalue weighted by atomic mass is 35.5. The molecule has 0 aromatic heterocycles. The zero-order chi connectivity index (χ0) is 15.7. The van der Waals surface area contributed by atoms with Crippen molar-refractivity contribution in [3.05, 3.63) is 0 Å². The lowest BCUT2D eigenvalue weighted by molar-refractivity contribution is -0.122. The molecule has 0 spiro atoms. The van der Waals surface area contributed by atoms with Crippen LogP contribution in [0, 0.1) is 11.8 Å². The van der Waals surface area contributed by atoms with Gasteiger partial charge in [-0.05, 0) is 31.7 Å². The predicted molar refractivity (Wildman–Crippen MR) is 91.3 cm³/mol. The molecule has 7 heteroatoms. The van der Waals surface area contributed by atoms with E-state index in [1.54, 1.807) is 0 Å². The predicted octanol–water partition coefficient (Wildman–Crippen LogP) is 1.21. The largest absolute Gasteiger partial charge is 0.355 e. The molecule has 0 bridgehead atoms. The highest BCUT2D eigenvalue weighted by molar-refractivity contribution is 5.85. The van der Waals surface area contributed by atoms with Crippen molar-refractivity contribution < 1.29 is 9.59 Å². The fourth-order valence-corrected chi connectivity index (χ4v) is 2.48. The van der Waals surface area contributed by atoms with Crippen molar-refractivity contribution in [3.8, 4) is 0 Å². The second kappa shape index (κ2) is 11.5. The van der Waals surface area contributed by atoms with Gasteiger partial charge in [0, 0.05) is 39.1 Å². The first-order valence-corrected chi connectivity index (χ1v) is 7.97. The average Bonchev–Trinajstić information content (AvgIpc) is 2.45. The molecule has 0 aromatic carbocycles. The molecule has 1 unspecified atom stereocenters. The third-order valence-electron chi connectivity index (χ3n) is 3.64. The monoisotopic (exact) mass is 334 g/mol. The molecule has 1 aliphatic rings. The SMILES string of the molecule is CNCCNC(=O)CC1CCCN(C(=O)NCC(C)C)C1.Cl. The van der Waals surface area contributed by atoms with Crippen LogP contribution in [-0.2, 0) is 4.79 Å². The van der Waals surface area contributed by atoms with Gasteiger partial charge in [0.1, 0.15) is 0 Å². The van der Waals surface area contributed by atoms with Gasteiger partial charge < -0.3 is 20.9 Å². The Labute approximate surface area is 140 Å². The van der Waals surface area contributed by atoms with Crippen LogP contribution in [0.5, 0.6) is 0 Å². The van der Waals surface area contributed by atoms with Crippen LogP contribution < -0.4 is 16.0 Å². The van der Waals surface area contributed by atoms with Gasteiger partial charge in [0.15, 0.2) is 0 Å². The van der Waals surface area contributed by atoms with Crippen LogP contribution in [0.2, 0.25) is 0 Å². The van der Waals surface area contributed by atoms with Gasteiger partial charge >= 0.3 is 6.03 Å². The lowest BCUT2D eigenvalue weighted by Crippen LogP contribution is -2.47. The maximum Gasteiger partial charge on any atom is 0.317 e. The van der Waals surface area contributed by atoms with Crippen LogP contribution >= 0.6 is 12.4 Å². The third-order valence-corrected chi connectivity index (χ3v) is 3.64. The number of rotatable bonds is 7. The first-order valence-electron chi connectivity index (χ1n) is 7.97. The first-order chi connectivity index (χ1) is 10.0. The number of likely N-dealkylation sites (tertiary alicyclic amines) is 1. The van der Waals surface area contributed by atoms with Gasteiger partial charge in [-0.1, -0.05) is 13.8 Å². The number of carbonyl (C=O) groups is 2. The van der Waals surface area contributed by atoms with E-state index in [0.29, 0.717) is 32.0 Å². The summed E-state index contributed by atoms with van der Waals surface area (Å²) in [5.74, 6) is 0.810. The van der Waals surface area contributed by atoms with Gasteiger partial charge in [-0.25, -0.2) is 4.79 Å². The number of halogens is 1. The van der Waals surface area contributed by atoms with Crippen LogP contribution in [0.25, 0.3) is 0 Å². The van der Waals surface area contributed by atoms with Crippen molar-refractivity contribution in [2.75, 3.05) is 39.8 Å². The molecule has 1 saturated heterocycles. The topological polar surface area (TPSA) is 73.5 Å². The molecule has 6 nitrogen and oxygen atoms in total. The summed E-state index contributed by atoms with van der Waals surface area (Å²) < 4.78 is 0. The molecule has 130 valence electrons. The summed E-state index contributed by atoms with van der Waals surface area (Å²) in [6.45, 7) is 7.76. The molecule has 1 rings (SSSR count). The van der Waals surface area contributed by atoms with Crippen molar-refractivity contribution in [2.45, 2.75) is 33.1 Å². The standard InChI is InChI=1S/C15H30N4O2.ClH/c1-12(2)10-18-15(21)19-8-4-5-13(11-19)9-14(20)17-7-6-16-3;/h12-13,16H,4-11H2,1-3H3,(H,17,20)(H,18,21);1H. The summed E-state index contributed by atoms with van der Waals surface area (Å²) in [5, 5.41) is 8.84. The van der Waals surface area contributed by atoms with E-state index in [-0.39, 0.29) is 30.3 Å². The molecule has 1 aliphatic heterocycles. The highest BCUT2D eigenvalue weighted by Crippen LogP contribution is 2.19. The number of hydrogen-bond donors (Lipinski definition) is 3. The Hall–Kier alpha value is -1.01. The Bertz CT molecular complexity index is 340. The van der Waals surface area contributed by atoms with Gasteiger partial charge in [-0.15, -0.1) is 12.4 Å². The summed E-state index contributed by atoms with van der Waals surface area (Å²) >= 11 is 0. The summed E-state index contributed by atoms with van der Waals surface area (Å²) in [5.41, 5.74) is 0. The Balaban J connectivity index is 0.00000441. The number of hydrogen-bond acceptors (Lipinski definition) is 3. The van der Waals surface area contributed by atoms with E-state index >= 15 is 0 Å². The number of nitrogens with one attached hydrogen (secondary N) is 3. The second-order valence-electron chi connectivity index (χ2n) is 6.19. The number of likely N-dealkylation sites (N-methyl/N-ethyl adjacent to an activating group) is 1. The number of amides is 3. The molecule has 1 fully saturated rings. The van der Waals surface area contributed by atoms with Gasteiger partial charge in [0.25, 0.3) is 0 Å². The zero-order valence-corrected chi connectivity index (χ0v) is 14.8. The van der Waals surface area contributed by atoms with Crippen molar-refractivity contribution >= 4 is 24.3 Å². The molecule has 1 atom stereocenters. The minimum Gasteiger partial charge on any atom is -0.355 e. The van der Waals surface area contributed by atoms with E-state index in [2.05, 4.69) is 29.8 Å². The Kier molecular flexibility index (Phi) is 11.0. The van der Waals surface area contributed by atoms with E-state index in [4.69, 9.17) is 0 Å². The molecule has 0 aliphatic carbocycles. The van der Waals surface area contributed by atoms with Crippen molar-refractivity contribution in [1.29, 1.82) is 0 Å². The lowest BCUT2D eigenvalue weighted by atomic mass is 9.94. The van der Waals surface area contributed by atoms with Gasteiger partial charge in [0.05, 0.1) is 0 Å². The van der Waals surface area contributed by atoms with Gasteiger partial charge in [-0.2, -0.15) is 0 Å². The van der Waals surface area contributed by atoms with Crippen LogP contribution in [0.3, 0.4) is 0 Å². The van der Waals surface area contributed by atoms with Gasteiger partial charge in [-0.3, -0.25) is 4.79 Å². The maximum absolute atomic E-state index is 12.1. The van der Waals surface area contributed by atoms with Crippen molar-refractivity contribution in [2.24, 2.45) is 11.8 Å². The number of piperidine rings is 1. The van der Waals surface area contributed by atoms with E-state index in [0.717, 1.165) is 25.9 Å². The van der Waals surface area contributed by atoms with Crippen LogP contribution in [0.1, 0.15) is 33.1 Å². The van der Waals surface area contributed by atoms with Crippen LogP contribution in [-0.4, -0.2) is 56.6 Å². The minimum atomic E-state index is 0.